The van der Waals surface area contributed by atoms with Crippen molar-refractivity contribution in [2.75, 3.05) is 6.61 Å². The Kier molecular flexibility index (Phi) is 4.37. The second kappa shape index (κ2) is 5.84. The predicted molar refractivity (Wildman–Crippen MR) is 92.4 cm³/mol. The second-order valence-corrected chi connectivity index (χ2v) is 9.27. The van der Waals surface area contributed by atoms with E-state index in [0.29, 0.717) is 23.8 Å². The van der Waals surface area contributed by atoms with E-state index in [9.17, 15) is 20.1 Å². The Labute approximate surface area is 145 Å². The summed E-state index contributed by atoms with van der Waals surface area (Å²) >= 11 is 0. The van der Waals surface area contributed by atoms with Crippen molar-refractivity contribution in [3.8, 4) is 0 Å². The molecule has 0 bridgehead atoms. The zero-order valence-corrected chi connectivity index (χ0v) is 15.2. The van der Waals surface area contributed by atoms with E-state index in [0.717, 1.165) is 44.8 Å². The van der Waals surface area contributed by atoms with Crippen molar-refractivity contribution in [2.45, 2.75) is 71.8 Å². The first-order chi connectivity index (χ1) is 11.2. The minimum absolute atomic E-state index is 0.106. The topological polar surface area (TPSA) is 77.8 Å². The van der Waals surface area contributed by atoms with Gasteiger partial charge in [0.1, 0.15) is 0 Å². The van der Waals surface area contributed by atoms with Gasteiger partial charge in [-0.3, -0.25) is 4.79 Å². The van der Waals surface area contributed by atoms with Gasteiger partial charge in [-0.25, -0.2) is 0 Å². The summed E-state index contributed by atoms with van der Waals surface area (Å²) in [7, 11) is 0. The van der Waals surface area contributed by atoms with E-state index in [2.05, 4.69) is 20.8 Å². The SMILES string of the molecule is C[C@@]1([C@H](O)CO)CC[C@]2(C)[C@H](CC[C@@]3(C)C(=CO)C(=O)CC[C@@H]23)C1. The molecule has 0 unspecified atom stereocenters. The number of rotatable bonds is 2. The first-order valence-electron chi connectivity index (χ1n) is 9.38. The average molecular weight is 336 g/mol. The molecular weight excluding hydrogens is 304 g/mol. The molecule has 0 amide bonds. The van der Waals surface area contributed by atoms with Crippen LogP contribution in [-0.4, -0.2) is 33.8 Å². The Morgan fingerprint density at radius 3 is 2.54 bits per heavy atom. The number of hydrogen-bond donors (Lipinski definition) is 3. The van der Waals surface area contributed by atoms with Gasteiger partial charge in [0.2, 0.25) is 0 Å². The van der Waals surface area contributed by atoms with Gasteiger partial charge in [-0.2, -0.15) is 0 Å². The Bertz CT molecular complexity index is 556. The molecule has 0 aliphatic heterocycles. The van der Waals surface area contributed by atoms with Crippen molar-refractivity contribution in [3.05, 3.63) is 11.8 Å². The van der Waals surface area contributed by atoms with Crippen LogP contribution in [-0.2, 0) is 4.79 Å². The number of Topliss-reactive ketones (excluding diaryl/α,β-unsaturated/α-hetero) is 1. The van der Waals surface area contributed by atoms with Crippen molar-refractivity contribution >= 4 is 5.78 Å². The van der Waals surface area contributed by atoms with Crippen LogP contribution in [0.5, 0.6) is 0 Å². The van der Waals surface area contributed by atoms with Crippen LogP contribution in [0.25, 0.3) is 0 Å². The molecule has 3 saturated carbocycles. The molecule has 24 heavy (non-hydrogen) atoms. The Morgan fingerprint density at radius 1 is 1.21 bits per heavy atom. The molecule has 0 spiro atoms. The molecule has 3 fully saturated rings. The lowest BCUT2D eigenvalue weighted by Crippen LogP contribution is -2.56. The van der Waals surface area contributed by atoms with Gasteiger partial charge in [-0.15, -0.1) is 0 Å². The van der Waals surface area contributed by atoms with Crippen molar-refractivity contribution in [1.82, 2.24) is 0 Å². The Hall–Kier alpha value is -0.870. The van der Waals surface area contributed by atoms with Gasteiger partial charge in [0, 0.05) is 17.4 Å². The van der Waals surface area contributed by atoms with E-state index in [1.165, 1.54) is 0 Å². The molecule has 4 nitrogen and oxygen atoms in total. The monoisotopic (exact) mass is 336 g/mol. The Morgan fingerprint density at radius 2 is 1.92 bits per heavy atom. The van der Waals surface area contributed by atoms with Crippen LogP contribution < -0.4 is 0 Å². The highest BCUT2D eigenvalue weighted by Gasteiger charge is 2.60. The molecule has 4 heteroatoms. The summed E-state index contributed by atoms with van der Waals surface area (Å²) in [6.45, 7) is 6.45. The quantitative estimate of drug-likeness (QED) is 0.534. The van der Waals surface area contributed by atoms with Crippen molar-refractivity contribution in [2.24, 2.45) is 28.1 Å². The zero-order chi connectivity index (χ0) is 17.8. The van der Waals surface area contributed by atoms with Crippen LogP contribution in [0.4, 0.5) is 0 Å². The van der Waals surface area contributed by atoms with E-state index in [4.69, 9.17) is 0 Å². The number of aliphatic hydroxyl groups excluding tert-OH is 3. The second-order valence-electron chi connectivity index (χ2n) is 9.27. The fourth-order valence-electron chi connectivity index (χ4n) is 6.37. The normalized spacial score (nSPS) is 48.7. The van der Waals surface area contributed by atoms with E-state index in [1.54, 1.807) is 0 Å². The number of ketones is 1. The number of allylic oxidation sites excluding steroid dienone is 1. The third-order valence-corrected chi connectivity index (χ3v) is 8.14. The maximum Gasteiger partial charge on any atom is 0.162 e. The minimum atomic E-state index is -0.656. The van der Waals surface area contributed by atoms with Crippen LogP contribution >= 0.6 is 0 Å². The molecule has 3 aliphatic rings. The molecule has 0 radical (unpaired) electrons. The Balaban J connectivity index is 1.92. The van der Waals surface area contributed by atoms with Crippen molar-refractivity contribution < 1.29 is 20.1 Å². The van der Waals surface area contributed by atoms with Crippen LogP contribution in [0.1, 0.15) is 65.7 Å². The number of fused-ring (bicyclic) bond motifs is 3. The fourth-order valence-corrected chi connectivity index (χ4v) is 6.37. The number of aliphatic hydroxyl groups is 3. The molecule has 3 aliphatic carbocycles. The number of carbonyl (C=O) groups excluding carboxylic acids is 1. The summed E-state index contributed by atoms with van der Waals surface area (Å²) in [6.07, 6.45) is 6.63. The standard InChI is InChI=1S/C20H32O4/c1-18(17(24)12-22)8-9-19(2)13(10-18)6-7-20(3)14(11-21)15(23)4-5-16(19)20/h11,13,16-17,21-22,24H,4-10,12H2,1-3H3/t13-,16+,17-,18-,19-,20+/m1/s1. The highest BCUT2D eigenvalue weighted by atomic mass is 16.3. The molecule has 0 aromatic carbocycles. The lowest BCUT2D eigenvalue weighted by molar-refractivity contribution is -0.144. The smallest absolute Gasteiger partial charge is 0.162 e. The summed E-state index contributed by atoms with van der Waals surface area (Å²) in [6, 6.07) is 0. The highest BCUT2D eigenvalue weighted by molar-refractivity contribution is 5.97. The van der Waals surface area contributed by atoms with E-state index >= 15 is 0 Å². The summed E-state index contributed by atoms with van der Waals surface area (Å²) in [5.41, 5.74) is 0.324. The first-order valence-corrected chi connectivity index (χ1v) is 9.38. The lowest BCUT2D eigenvalue weighted by Gasteiger charge is -2.62. The van der Waals surface area contributed by atoms with Gasteiger partial charge >= 0.3 is 0 Å². The van der Waals surface area contributed by atoms with Gasteiger partial charge in [-0.05, 0) is 61.2 Å². The number of carbonyl (C=O) groups is 1. The van der Waals surface area contributed by atoms with Crippen molar-refractivity contribution in [1.29, 1.82) is 0 Å². The van der Waals surface area contributed by atoms with Gasteiger partial charge < -0.3 is 15.3 Å². The van der Waals surface area contributed by atoms with Crippen LogP contribution in [0.15, 0.2) is 11.8 Å². The van der Waals surface area contributed by atoms with Gasteiger partial charge in [0.05, 0.1) is 19.0 Å². The van der Waals surface area contributed by atoms with E-state index in [1.807, 2.05) is 0 Å². The fraction of sp³-hybridized carbons (Fsp3) is 0.850. The maximum atomic E-state index is 12.3. The summed E-state index contributed by atoms with van der Waals surface area (Å²) in [5.74, 6) is 1.01. The summed E-state index contributed by atoms with van der Waals surface area (Å²) in [4.78, 5) is 12.3. The van der Waals surface area contributed by atoms with Gasteiger partial charge in [-0.1, -0.05) is 20.8 Å². The average Bonchev–Trinajstić information content (AvgIpc) is 2.55. The van der Waals surface area contributed by atoms with E-state index in [-0.39, 0.29) is 28.6 Å². The van der Waals surface area contributed by atoms with Crippen LogP contribution in [0.3, 0.4) is 0 Å². The molecule has 6 atom stereocenters. The summed E-state index contributed by atoms with van der Waals surface area (Å²) in [5, 5.41) is 29.4. The van der Waals surface area contributed by atoms with Crippen molar-refractivity contribution in [3.63, 3.8) is 0 Å². The van der Waals surface area contributed by atoms with E-state index < -0.39 is 6.10 Å². The molecule has 0 heterocycles. The van der Waals surface area contributed by atoms with Crippen LogP contribution in [0, 0.1) is 28.1 Å². The summed E-state index contributed by atoms with van der Waals surface area (Å²) < 4.78 is 0. The van der Waals surface area contributed by atoms with Crippen LogP contribution in [0.2, 0.25) is 0 Å². The molecule has 0 saturated heterocycles. The largest absolute Gasteiger partial charge is 0.515 e. The van der Waals surface area contributed by atoms with Gasteiger partial charge in [0.25, 0.3) is 0 Å². The zero-order valence-electron chi connectivity index (χ0n) is 15.2. The third-order valence-electron chi connectivity index (χ3n) is 8.14. The molecule has 3 rings (SSSR count). The molecule has 0 aromatic heterocycles. The lowest BCUT2D eigenvalue weighted by atomic mass is 9.42. The van der Waals surface area contributed by atoms with Gasteiger partial charge in [0.15, 0.2) is 5.78 Å². The molecular formula is C20H32O4. The molecule has 0 aromatic rings. The molecule has 136 valence electrons. The minimum Gasteiger partial charge on any atom is -0.515 e. The highest BCUT2D eigenvalue weighted by Crippen LogP contribution is 2.66. The molecule has 3 N–H and O–H groups in total. The third kappa shape index (κ3) is 2.37. The predicted octanol–water partition coefficient (Wildman–Crippen LogP) is 3.37. The maximum absolute atomic E-state index is 12.3. The number of hydrogen-bond acceptors (Lipinski definition) is 4. The first kappa shape index (κ1) is 17.9.